The van der Waals surface area contributed by atoms with Gasteiger partial charge in [0.2, 0.25) is 0 Å². The van der Waals surface area contributed by atoms with Gasteiger partial charge in [-0.2, -0.15) is 0 Å². The average molecular weight is 344 g/mol. The van der Waals surface area contributed by atoms with Gasteiger partial charge in [-0.25, -0.2) is 9.78 Å². The SMILES string of the molecule is CN(C)C(=O)c1cc(Br)cnc1NC(=O)OC(C)(C)C. The minimum Gasteiger partial charge on any atom is -0.444 e. The Kier molecular flexibility index (Phi) is 5.10. The molecule has 20 heavy (non-hydrogen) atoms. The Bertz CT molecular complexity index is 524. The van der Waals surface area contributed by atoms with Gasteiger partial charge in [0.1, 0.15) is 11.4 Å². The molecule has 0 aliphatic rings. The van der Waals surface area contributed by atoms with Gasteiger partial charge in [-0.3, -0.25) is 10.1 Å². The molecule has 1 aromatic heterocycles. The van der Waals surface area contributed by atoms with Gasteiger partial charge in [-0.15, -0.1) is 0 Å². The van der Waals surface area contributed by atoms with Crippen LogP contribution in [0.25, 0.3) is 0 Å². The van der Waals surface area contributed by atoms with Crippen LogP contribution in [0.3, 0.4) is 0 Å². The number of carbonyl (C=O) groups excluding carboxylic acids is 2. The number of hydrogen-bond acceptors (Lipinski definition) is 4. The van der Waals surface area contributed by atoms with Gasteiger partial charge in [-0.05, 0) is 42.8 Å². The van der Waals surface area contributed by atoms with E-state index >= 15 is 0 Å². The van der Waals surface area contributed by atoms with Crippen LogP contribution in [0.1, 0.15) is 31.1 Å². The van der Waals surface area contributed by atoms with Crippen molar-refractivity contribution in [2.24, 2.45) is 0 Å². The van der Waals surface area contributed by atoms with Crippen molar-refractivity contribution in [1.29, 1.82) is 0 Å². The van der Waals surface area contributed by atoms with Crippen LogP contribution in [0.2, 0.25) is 0 Å². The molecule has 0 radical (unpaired) electrons. The van der Waals surface area contributed by atoms with Crippen LogP contribution in [0, 0.1) is 0 Å². The van der Waals surface area contributed by atoms with Gasteiger partial charge in [-0.1, -0.05) is 0 Å². The highest BCUT2D eigenvalue weighted by molar-refractivity contribution is 9.10. The van der Waals surface area contributed by atoms with Crippen LogP contribution in [-0.4, -0.2) is 41.6 Å². The molecule has 0 saturated heterocycles. The molecule has 0 atom stereocenters. The van der Waals surface area contributed by atoms with E-state index < -0.39 is 11.7 Å². The third kappa shape index (κ3) is 4.80. The van der Waals surface area contributed by atoms with Gasteiger partial charge in [0, 0.05) is 24.8 Å². The molecule has 2 amide bonds. The van der Waals surface area contributed by atoms with Crippen LogP contribution in [0.4, 0.5) is 10.6 Å². The molecule has 0 bridgehead atoms. The van der Waals surface area contributed by atoms with Gasteiger partial charge in [0.25, 0.3) is 5.91 Å². The first kappa shape index (κ1) is 16.4. The Labute approximate surface area is 126 Å². The highest BCUT2D eigenvalue weighted by atomic mass is 79.9. The summed E-state index contributed by atoms with van der Waals surface area (Å²) < 4.78 is 5.79. The van der Waals surface area contributed by atoms with E-state index in [0.717, 1.165) is 0 Å². The summed E-state index contributed by atoms with van der Waals surface area (Å²) in [5.41, 5.74) is -0.333. The fourth-order valence-corrected chi connectivity index (χ4v) is 1.67. The van der Waals surface area contributed by atoms with E-state index in [4.69, 9.17) is 4.74 Å². The Hall–Kier alpha value is -1.63. The Balaban J connectivity index is 3.01. The Morgan fingerprint density at radius 2 is 1.95 bits per heavy atom. The molecule has 1 heterocycles. The van der Waals surface area contributed by atoms with Crippen LogP contribution >= 0.6 is 15.9 Å². The molecule has 1 aromatic rings. The minimum atomic E-state index is -0.653. The van der Waals surface area contributed by atoms with E-state index in [-0.39, 0.29) is 17.3 Å². The summed E-state index contributed by atoms with van der Waals surface area (Å²) in [6.45, 7) is 5.27. The standard InChI is InChI=1S/C13H18BrN3O3/c1-13(2,3)20-12(19)16-10-9(11(18)17(4)5)6-8(14)7-15-10/h6-7H,1-5H3,(H,15,16,19). The maximum Gasteiger partial charge on any atom is 0.413 e. The van der Waals surface area contributed by atoms with Crippen molar-refractivity contribution in [3.63, 3.8) is 0 Å². The number of ether oxygens (including phenoxy) is 1. The second kappa shape index (κ2) is 6.21. The zero-order valence-electron chi connectivity index (χ0n) is 12.2. The molecule has 1 rings (SSSR count). The lowest BCUT2D eigenvalue weighted by molar-refractivity contribution is 0.0635. The molecule has 0 aliphatic heterocycles. The molecule has 0 fully saturated rings. The second-order valence-corrected chi connectivity index (χ2v) is 6.29. The van der Waals surface area contributed by atoms with Gasteiger partial charge in [0.05, 0.1) is 5.56 Å². The van der Waals surface area contributed by atoms with E-state index in [1.54, 1.807) is 40.9 Å². The summed E-state index contributed by atoms with van der Waals surface area (Å²) >= 11 is 3.25. The molecule has 0 aliphatic carbocycles. The summed E-state index contributed by atoms with van der Waals surface area (Å²) in [5, 5.41) is 2.49. The van der Waals surface area contributed by atoms with E-state index in [2.05, 4.69) is 26.2 Å². The van der Waals surface area contributed by atoms with Gasteiger partial charge >= 0.3 is 6.09 Å². The fraction of sp³-hybridized carbons (Fsp3) is 0.462. The van der Waals surface area contributed by atoms with Gasteiger partial charge in [0.15, 0.2) is 0 Å². The number of hydrogen-bond donors (Lipinski definition) is 1. The molecule has 110 valence electrons. The lowest BCUT2D eigenvalue weighted by atomic mass is 10.2. The number of anilines is 1. The number of nitrogens with one attached hydrogen (secondary N) is 1. The highest BCUT2D eigenvalue weighted by Crippen LogP contribution is 2.20. The Morgan fingerprint density at radius 3 is 2.45 bits per heavy atom. The van der Waals surface area contributed by atoms with Gasteiger partial charge < -0.3 is 9.64 Å². The van der Waals surface area contributed by atoms with Crippen molar-refractivity contribution in [1.82, 2.24) is 9.88 Å². The third-order valence-corrected chi connectivity index (χ3v) is 2.54. The highest BCUT2D eigenvalue weighted by Gasteiger charge is 2.20. The summed E-state index contributed by atoms with van der Waals surface area (Å²) in [7, 11) is 3.25. The summed E-state index contributed by atoms with van der Waals surface area (Å²) in [4.78, 5) is 29.3. The van der Waals surface area contributed by atoms with E-state index in [0.29, 0.717) is 4.47 Å². The number of pyridine rings is 1. The number of nitrogens with zero attached hydrogens (tertiary/aromatic N) is 2. The van der Waals surface area contributed by atoms with Crippen LogP contribution < -0.4 is 5.32 Å². The first-order valence-corrected chi connectivity index (χ1v) is 6.76. The van der Waals surface area contributed by atoms with Crippen LogP contribution in [-0.2, 0) is 4.74 Å². The monoisotopic (exact) mass is 343 g/mol. The fourth-order valence-electron chi connectivity index (χ4n) is 1.34. The zero-order valence-corrected chi connectivity index (χ0v) is 13.7. The first-order valence-electron chi connectivity index (χ1n) is 5.97. The molecule has 0 saturated carbocycles. The number of rotatable bonds is 2. The number of carbonyl (C=O) groups is 2. The number of halogens is 1. The maximum absolute atomic E-state index is 12.1. The normalized spacial score (nSPS) is 10.9. The van der Waals surface area contributed by atoms with Crippen LogP contribution in [0.15, 0.2) is 16.7 Å². The summed E-state index contributed by atoms with van der Waals surface area (Å²) in [5.74, 6) is -0.0917. The van der Waals surface area contributed by atoms with Crippen molar-refractivity contribution in [3.8, 4) is 0 Å². The summed E-state index contributed by atoms with van der Waals surface area (Å²) in [6.07, 6.45) is 0.846. The van der Waals surface area contributed by atoms with Crippen molar-refractivity contribution in [3.05, 3.63) is 22.3 Å². The Morgan fingerprint density at radius 1 is 1.35 bits per heavy atom. The maximum atomic E-state index is 12.1. The summed E-state index contributed by atoms with van der Waals surface area (Å²) in [6, 6.07) is 1.60. The van der Waals surface area contributed by atoms with Crippen molar-refractivity contribution in [2.75, 3.05) is 19.4 Å². The zero-order chi connectivity index (χ0) is 15.5. The van der Waals surface area contributed by atoms with Crippen molar-refractivity contribution < 1.29 is 14.3 Å². The topological polar surface area (TPSA) is 71.5 Å². The predicted octanol–water partition coefficient (Wildman–Crippen LogP) is 2.89. The molecular weight excluding hydrogens is 326 g/mol. The lowest BCUT2D eigenvalue weighted by Crippen LogP contribution is -2.29. The van der Waals surface area contributed by atoms with E-state index in [9.17, 15) is 9.59 Å². The quantitative estimate of drug-likeness (QED) is 0.896. The van der Waals surface area contributed by atoms with Crippen molar-refractivity contribution >= 4 is 33.7 Å². The molecule has 7 heteroatoms. The molecule has 0 spiro atoms. The lowest BCUT2D eigenvalue weighted by Gasteiger charge is -2.20. The van der Waals surface area contributed by atoms with E-state index in [1.807, 2.05) is 0 Å². The molecular formula is C13H18BrN3O3. The first-order chi connectivity index (χ1) is 9.10. The second-order valence-electron chi connectivity index (χ2n) is 5.38. The largest absolute Gasteiger partial charge is 0.444 e. The number of aromatic nitrogens is 1. The van der Waals surface area contributed by atoms with Crippen LogP contribution in [0.5, 0.6) is 0 Å². The predicted molar refractivity (Wildman–Crippen MR) is 79.8 cm³/mol. The molecule has 6 nitrogen and oxygen atoms in total. The molecule has 0 unspecified atom stereocenters. The number of amides is 2. The van der Waals surface area contributed by atoms with E-state index in [1.165, 1.54) is 11.1 Å². The third-order valence-electron chi connectivity index (χ3n) is 2.11. The average Bonchev–Trinajstić information content (AvgIpc) is 2.27. The molecule has 0 aromatic carbocycles. The molecule has 1 N–H and O–H groups in total. The smallest absolute Gasteiger partial charge is 0.413 e. The van der Waals surface area contributed by atoms with Crippen molar-refractivity contribution in [2.45, 2.75) is 26.4 Å². The minimum absolute atomic E-state index is 0.168.